The summed E-state index contributed by atoms with van der Waals surface area (Å²) >= 11 is 1.63. The highest BCUT2D eigenvalue weighted by Crippen LogP contribution is 2.18. The summed E-state index contributed by atoms with van der Waals surface area (Å²) in [6.07, 6.45) is 1.56. The molecule has 0 fully saturated rings. The second-order valence-corrected chi connectivity index (χ2v) is 3.35. The lowest BCUT2D eigenvalue weighted by Crippen LogP contribution is -2.08. The van der Waals surface area contributed by atoms with Crippen LogP contribution in [0.2, 0.25) is 0 Å². The molecule has 0 atom stereocenters. The molecule has 1 aromatic rings. The molecule has 0 aliphatic heterocycles. The molecule has 0 aliphatic rings. The first-order valence-electron chi connectivity index (χ1n) is 3.55. The van der Waals surface area contributed by atoms with Crippen molar-refractivity contribution in [2.75, 3.05) is 14.1 Å². The van der Waals surface area contributed by atoms with Gasteiger partial charge in [-0.2, -0.15) is 16.6 Å². The molecule has 62 valence electrons. The van der Waals surface area contributed by atoms with Gasteiger partial charge in [-0.1, -0.05) is 0 Å². The molecule has 0 N–H and O–H groups in total. The van der Waals surface area contributed by atoms with Gasteiger partial charge in [-0.25, -0.2) is 0 Å². The molecule has 0 unspecified atom stereocenters. The van der Waals surface area contributed by atoms with Crippen LogP contribution in [0.25, 0.3) is 5.70 Å². The first kappa shape index (κ1) is 8.82. The maximum absolute atomic E-state index is 8.53. The third-order valence-corrected chi connectivity index (χ3v) is 2.18. The fourth-order valence-corrected chi connectivity index (χ4v) is 1.59. The highest BCUT2D eigenvalue weighted by atomic mass is 32.1. The lowest BCUT2D eigenvalue weighted by molar-refractivity contribution is 0.592. The summed E-state index contributed by atoms with van der Waals surface area (Å²) in [5.74, 6) is 0. The predicted octanol–water partition coefficient (Wildman–Crippen LogP) is 2.17. The number of nitrogens with zero attached hydrogens (tertiary/aromatic N) is 2. The Hall–Kier alpha value is -1.27. The van der Waals surface area contributed by atoms with Crippen LogP contribution in [0.1, 0.15) is 5.56 Å². The molecule has 12 heavy (non-hydrogen) atoms. The molecule has 1 aromatic heterocycles. The fourth-order valence-electron chi connectivity index (χ4n) is 0.942. The molecule has 1 rings (SSSR count). The minimum atomic E-state index is 0.957. The monoisotopic (exact) mass is 178 g/mol. The van der Waals surface area contributed by atoms with E-state index in [0.717, 1.165) is 11.3 Å². The Kier molecular flexibility index (Phi) is 2.89. The number of allylic oxidation sites excluding steroid dienone is 1. The Morgan fingerprint density at radius 3 is 2.83 bits per heavy atom. The van der Waals surface area contributed by atoms with Crippen molar-refractivity contribution in [1.29, 1.82) is 5.26 Å². The van der Waals surface area contributed by atoms with E-state index in [2.05, 4.69) is 0 Å². The number of nitriles is 1. The van der Waals surface area contributed by atoms with E-state index < -0.39 is 0 Å². The van der Waals surface area contributed by atoms with Crippen molar-refractivity contribution >= 4 is 17.0 Å². The van der Waals surface area contributed by atoms with Crippen LogP contribution in [0.5, 0.6) is 0 Å². The fraction of sp³-hybridized carbons (Fsp3) is 0.222. The van der Waals surface area contributed by atoms with Crippen molar-refractivity contribution in [2.45, 2.75) is 0 Å². The van der Waals surface area contributed by atoms with Crippen molar-refractivity contribution in [1.82, 2.24) is 4.90 Å². The Morgan fingerprint density at radius 2 is 2.42 bits per heavy atom. The number of thiophene rings is 1. The van der Waals surface area contributed by atoms with E-state index in [-0.39, 0.29) is 0 Å². The first-order chi connectivity index (χ1) is 5.75. The molecule has 1 heterocycles. The van der Waals surface area contributed by atoms with Gasteiger partial charge in [0.25, 0.3) is 0 Å². The predicted molar refractivity (Wildman–Crippen MR) is 51.6 cm³/mol. The van der Waals surface area contributed by atoms with E-state index in [1.165, 1.54) is 0 Å². The molecule has 0 aromatic carbocycles. The number of hydrogen-bond acceptors (Lipinski definition) is 3. The average Bonchev–Trinajstić information content (AvgIpc) is 2.51. The molecule has 3 heteroatoms. The van der Waals surface area contributed by atoms with Gasteiger partial charge in [0, 0.05) is 31.1 Å². The maximum atomic E-state index is 8.53. The van der Waals surface area contributed by atoms with Crippen LogP contribution in [-0.2, 0) is 0 Å². The van der Waals surface area contributed by atoms with Crippen molar-refractivity contribution in [2.24, 2.45) is 0 Å². The molecule has 0 radical (unpaired) electrons. The zero-order valence-electron chi connectivity index (χ0n) is 7.11. The van der Waals surface area contributed by atoms with Gasteiger partial charge in [-0.05, 0) is 11.4 Å². The Labute approximate surface area is 76.4 Å². The lowest BCUT2D eigenvalue weighted by atomic mass is 10.2. The second-order valence-electron chi connectivity index (χ2n) is 2.57. The van der Waals surface area contributed by atoms with Gasteiger partial charge >= 0.3 is 0 Å². The molecule has 0 saturated heterocycles. The molecule has 0 amide bonds. The van der Waals surface area contributed by atoms with Crippen molar-refractivity contribution in [3.63, 3.8) is 0 Å². The number of hydrogen-bond donors (Lipinski definition) is 0. The van der Waals surface area contributed by atoms with Gasteiger partial charge in [0.1, 0.15) is 0 Å². The minimum Gasteiger partial charge on any atom is -0.377 e. The van der Waals surface area contributed by atoms with Crippen molar-refractivity contribution in [3.05, 3.63) is 28.5 Å². The summed E-state index contributed by atoms with van der Waals surface area (Å²) in [6, 6.07) is 4.05. The zero-order valence-corrected chi connectivity index (χ0v) is 7.93. The standard InChI is InChI=1S/C9H10N2S/c1-11(2)9(3-5-10)8-4-6-12-7-8/h3-4,6-7H,1-2H3/b9-3+. The van der Waals surface area contributed by atoms with Crippen LogP contribution in [0, 0.1) is 11.3 Å². The molecule has 2 nitrogen and oxygen atoms in total. The quantitative estimate of drug-likeness (QED) is 0.649. The van der Waals surface area contributed by atoms with E-state index in [9.17, 15) is 0 Å². The summed E-state index contributed by atoms with van der Waals surface area (Å²) < 4.78 is 0. The summed E-state index contributed by atoms with van der Waals surface area (Å²) in [6.45, 7) is 0. The van der Waals surface area contributed by atoms with Crippen LogP contribution < -0.4 is 0 Å². The summed E-state index contributed by atoms with van der Waals surface area (Å²) in [4.78, 5) is 1.94. The Bertz CT molecular complexity index is 304. The van der Waals surface area contributed by atoms with Gasteiger partial charge < -0.3 is 4.90 Å². The van der Waals surface area contributed by atoms with E-state index >= 15 is 0 Å². The highest BCUT2D eigenvalue weighted by molar-refractivity contribution is 7.08. The third-order valence-electron chi connectivity index (χ3n) is 1.50. The molecule has 0 aliphatic carbocycles. The van der Waals surface area contributed by atoms with Gasteiger partial charge in [-0.3, -0.25) is 0 Å². The Balaban J connectivity index is 2.98. The van der Waals surface area contributed by atoms with E-state index in [1.54, 1.807) is 17.4 Å². The van der Waals surface area contributed by atoms with E-state index in [0.29, 0.717) is 0 Å². The summed E-state index contributed by atoms with van der Waals surface area (Å²) in [5, 5.41) is 12.6. The van der Waals surface area contributed by atoms with Gasteiger partial charge in [0.15, 0.2) is 0 Å². The van der Waals surface area contributed by atoms with E-state index in [1.807, 2.05) is 41.9 Å². The molecular weight excluding hydrogens is 168 g/mol. The maximum Gasteiger partial charge on any atom is 0.0934 e. The SMILES string of the molecule is CN(C)/C(=C/C#N)c1ccsc1. The van der Waals surface area contributed by atoms with Gasteiger partial charge in [-0.15, -0.1) is 0 Å². The molecule has 0 bridgehead atoms. The lowest BCUT2D eigenvalue weighted by Gasteiger charge is -2.14. The normalized spacial score (nSPS) is 10.9. The van der Waals surface area contributed by atoms with Gasteiger partial charge in [0.05, 0.1) is 11.8 Å². The summed E-state index contributed by atoms with van der Waals surface area (Å²) in [7, 11) is 3.86. The minimum absolute atomic E-state index is 0.957. The van der Waals surface area contributed by atoms with Crippen LogP contribution >= 0.6 is 11.3 Å². The van der Waals surface area contributed by atoms with Gasteiger partial charge in [0.2, 0.25) is 0 Å². The van der Waals surface area contributed by atoms with Crippen LogP contribution in [0.3, 0.4) is 0 Å². The van der Waals surface area contributed by atoms with Crippen molar-refractivity contribution in [3.8, 4) is 6.07 Å². The first-order valence-corrected chi connectivity index (χ1v) is 4.49. The smallest absolute Gasteiger partial charge is 0.0934 e. The summed E-state index contributed by atoms with van der Waals surface area (Å²) in [5.41, 5.74) is 2.06. The van der Waals surface area contributed by atoms with Crippen molar-refractivity contribution < 1.29 is 0 Å². The molecule has 0 spiro atoms. The number of rotatable bonds is 2. The highest BCUT2D eigenvalue weighted by Gasteiger charge is 2.02. The zero-order chi connectivity index (χ0) is 8.97. The largest absolute Gasteiger partial charge is 0.377 e. The van der Waals surface area contributed by atoms with Crippen LogP contribution in [-0.4, -0.2) is 19.0 Å². The third kappa shape index (κ3) is 1.86. The van der Waals surface area contributed by atoms with E-state index in [4.69, 9.17) is 5.26 Å². The molecule has 0 saturated carbocycles. The topological polar surface area (TPSA) is 27.0 Å². The molecular formula is C9H10N2S. The van der Waals surface area contributed by atoms with Crippen LogP contribution in [0.15, 0.2) is 22.9 Å². The average molecular weight is 178 g/mol. The van der Waals surface area contributed by atoms with Crippen LogP contribution in [0.4, 0.5) is 0 Å². The second kappa shape index (κ2) is 3.93. The Morgan fingerprint density at radius 1 is 1.67 bits per heavy atom.